The molecule has 1 aromatic heterocycles. The molecule has 3 rings (SSSR count). The molecule has 1 unspecified atom stereocenters. The number of allylic oxidation sites excluding steroid dienone is 4. The first kappa shape index (κ1) is 9.15. The van der Waals surface area contributed by atoms with Crippen LogP contribution in [0.4, 0.5) is 0 Å². The smallest absolute Gasteiger partial charge is 0.252 e. The van der Waals surface area contributed by atoms with Crippen LogP contribution in [0, 0.1) is 5.92 Å². The number of fused-ring (bicyclic) bond motifs is 1. The van der Waals surface area contributed by atoms with Crippen LogP contribution in [0.5, 0.6) is 0 Å². The highest BCUT2D eigenvalue weighted by molar-refractivity contribution is 6.03. The van der Waals surface area contributed by atoms with Gasteiger partial charge in [-0.2, -0.15) is 0 Å². The number of aromatic nitrogens is 2. The SMILES string of the molecule is O=C1NC2=CC=CCC2C1=Cc1cnc[nH]1. The number of nitrogens with one attached hydrogen (secondary N) is 2. The lowest BCUT2D eigenvalue weighted by molar-refractivity contribution is -0.115. The Morgan fingerprint density at radius 1 is 1.50 bits per heavy atom. The predicted molar refractivity (Wildman–Crippen MR) is 60.0 cm³/mol. The minimum Gasteiger partial charge on any atom is -0.345 e. The second kappa shape index (κ2) is 3.48. The van der Waals surface area contributed by atoms with E-state index in [0.717, 1.165) is 23.4 Å². The zero-order valence-corrected chi connectivity index (χ0v) is 8.60. The van der Waals surface area contributed by atoms with Crippen LogP contribution in [0.3, 0.4) is 0 Å². The van der Waals surface area contributed by atoms with Crippen LogP contribution in [0.2, 0.25) is 0 Å². The molecule has 0 radical (unpaired) electrons. The first-order valence-corrected chi connectivity index (χ1v) is 5.22. The number of imidazole rings is 1. The summed E-state index contributed by atoms with van der Waals surface area (Å²) in [4.78, 5) is 18.7. The molecule has 0 bridgehead atoms. The first-order valence-electron chi connectivity index (χ1n) is 5.22. The van der Waals surface area contributed by atoms with Crippen molar-refractivity contribution in [3.8, 4) is 0 Å². The van der Waals surface area contributed by atoms with Gasteiger partial charge in [-0.3, -0.25) is 4.79 Å². The van der Waals surface area contributed by atoms with E-state index in [4.69, 9.17) is 0 Å². The number of hydrogen-bond acceptors (Lipinski definition) is 2. The Hall–Kier alpha value is -2.10. The molecule has 2 aliphatic rings. The van der Waals surface area contributed by atoms with Gasteiger partial charge in [0, 0.05) is 17.2 Å². The number of amides is 1. The summed E-state index contributed by atoms with van der Waals surface area (Å²) in [6, 6.07) is 0. The lowest BCUT2D eigenvalue weighted by Crippen LogP contribution is -2.13. The van der Waals surface area contributed by atoms with Gasteiger partial charge in [-0.15, -0.1) is 0 Å². The average molecular weight is 213 g/mol. The number of nitrogens with zero attached hydrogens (tertiary/aromatic N) is 1. The quantitative estimate of drug-likeness (QED) is 0.692. The van der Waals surface area contributed by atoms with Crippen LogP contribution >= 0.6 is 0 Å². The lowest BCUT2D eigenvalue weighted by atomic mass is 9.92. The maximum Gasteiger partial charge on any atom is 0.252 e. The van der Waals surface area contributed by atoms with E-state index in [1.165, 1.54) is 0 Å². The van der Waals surface area contributed by atoms with Gasteiger partial charge in [0.25, 0.3) is 5.91 Å². The molecule has 0 spiro atoms. The van der Waals surface area contributed by atoms with E-state index in [1.807, 2.05) is 18.2 Å². The van der Waals surface area contributed by atoms with Gasteiger partial charge in [-0.25, -0.2) is 4.98 Å². The second-order valence-electron chi connectivity index (χ2n) is 3.90. The summed E-state index contributed by atoms with van der Waals surface area (Å²) in [6.45, 7) is 0. The van der Waals surface area contributed by atoms with E-state index in [2.05, 4.69) is 21.4 Å². The van der Waals surface area contributed by atoms with Gasteiger partial charge >= 0.3 is 0 Å². The third-order valence-corrected chi connectivity index (χ3v) is 2.88. The Balaban J connectivity index is 1.99. The van der Waals surface area contributed by atoms with E-state index < -0.39 is 0 Å². The lowest BCUT2D eigenvalue weighted by Gasteiger charge is -2.11. The fourth-order valence-electron chi connectivity index (χ4n) is 2.09. The van der Waals surface area contributed by atoms with Gasteiger partial charge < -0.3 is 10.3 Å². The van der Waals surface area contributed by atoms with Crippen molar-refractivity contribution < 1.29 is 4.79 Å². The van der Waals surface area contributed by atoms with Crippen LogP contribution in [-0.2, 0) is 4.79 Å². The molecule has 4 nitrogen and oxygen atoms in total. The van der Waals surface area contributed by atoms with Crippen LogP contribution in [-0.4, -0.2) is 15.9 Å². The van der Waals surface area contributed by atoms with E-state index in [1.54, 1.807) is 12.5 Å². The summed E-state index contributed by atoms with van der Waals surface area (Å²) >= 11 is 0. The first-order chi connectivity index (χ1) is 7.84. The van der Waals surface area contributed by atoms with Crippen molar-refractivity contribution in [1.82, 2.24) is 15.3 Å². The number of H-pyrrole nitrogens is 1. The second-order valence-corrected chi connectivity index (χ2v) is 3.90. The number of hydrogen-bond donors (Lipinski definition) is 2. The third kappa shape index (κ3) is 1.39. The fraction of sp³-hybridized carbons (Fsp3) is 0.167. The highest BCUT2D eigenvalue weighted by atomic mass is 16.2. The predicted octanol–water partition coefficient (Wildman–Crippen LogP) is 1.38. The largest absolute Gasteiger partial charge is 0.345 e. The number of carbonyl (C=O) groups is 1. The summed E-state index contributed by atoms with van der Waals surface area (Å²) in [5, 5.41) is 2.89. The molecule has 1 saturated heterocycles. The number of carbonyl (C=O) groups excluding carboxylic acids is 1. The van der Waals surface area contributed by atoms with Gasteiger partial charge in [0.15, 0.2) is 0 Å². The zero-order valence-electron chi connectivity index (χ0n) is 8.60. The van der Waals surface area contributed by atoms with E-state index in [-0.39, 0.29) is 11.8 Å². The molecular weight excluding hydrogens is 202 g/mol. The monoisotopic (exact) mass is 213 g/mol. The molecule has 4 heteroatoms. The Morgan fingerprint density at radius 2 is 2.44 bits per heavy atom. The Kier molecular flexibility index (Phi) is 1.99. The summed E-state index contributed by atoms with van der Waals surface area (Å²) in [6.07, 6.45) is 12.1. The van der Waals surface area contributed by atoms with Gasteiger partial charge in [0.2, 0.25) is 0 Å². The van der Waals surface area contributed by atoms with Crippen molar-refractivity contribution in [3.63, 3.8) is 0 Å². The molecule has 2 N–H and O–H groups in total. The van der Waals surface area contributed by atoms with Crippen LogP contribution in [0.25, 0.3) is 6.08 Å². The molecule has 0 aromatic carbocycles. The van der Waals surface area contributed by atoms with Crippen molar-refractivity contribution in [3.05, 3.63) is 47.7 Å². The fourth-order valence-corrected chi connectivity index (χ4v) is 2.09. The molecule has 16 heavy (non-hydrogen) atoms. The van der Waals surface area contributed by atoms with Gasteiger partial charge in [0.1, 0.15) is 0 Å². The van der Waals surface area contributed by atoms with E-state index >= 15 is 0 Å². The number of aromatic amines is 1. The zero-order chi connectivity index (χ0) is 11.0. The molecule has 1 fully saturated rings. The number of rotatable bonds is 1. The topological polar surface area (TPSA) is 57.8 Å². The minimum absolute atomic E-state index is 0.00505. The van der Waals surface area contributed by atoms with Crippen LogP contribution < -0.4 is 5.32 Å². The van der Waals surface area contributed by atoms with Crippen molar-refractivity contribution in [2.75, 3.05) is 0 Å². The normalized spacial score (nSPS) is 25.5. The summed E-state index contributed by atoms with van der Waals surface area (Å²) in [5.41, 5.74) is 2.67. The molecular formula is C12H11N3O. The highest BCUT2D eigenvalue weighted by Crippen LogP contribution is 2.32. The van der Waals surface area contributed by atoms with Crippen molar-refractivity contribution in [1.29, 1.82) is 0 Å². The minimum atomic E-state index is -0.00505. The summed E-state index contributed by atoms with van der Waals surface area (Å²) < 4.78 is 0. The standard InChI is InChI=1S/C12H11N3O/c16-12-10(5-8-6-13-7-14-8)9-3-1-2-4-11(9)15-12/h1-2,4-7,9H,3H2,(H,13,14)(H,15,16). The third-order valence-electron chi connectivity index (χ3n) is 2.88. The summed E-state index contributed by atoms with van der Waals surface area (Å²) in [7, 11) is 0. The van der Waals surface area contributed by atoms with E-state index in [0.29, 0.717) is 0 Å². The van der Waals surface area contributed by atoms with Gasteiger partial charge in [-0.05, 0) is 18.6 Å². The Labute approximate surface area is 92.8 Å². The average Bonchev–Trinajstić information content (AvgIpc) is 2.89. The van der Waals surface area contributed by atoms with E-state index in [9.17, 15) is 4.79 Å². The maximum absolute atomic E-state index is 11.8. The summed E-state index contributed by atoms with van der Waals surface area (Å²) in [5.74, 6) is 0.176. The van der Waals surface area contributed by atoms with Crippen LogP contribution in [0.15, 0.2) is 42.0 Å². The van der Waals surface area contributed by atoms with Gasteiger partial charge in [-0.1, -0.05) is 12.2 Å². The molecule has 1 aromatic rings. The van der Waals surface area contributed by atoms with Gasteiger partial charge in [0.05, 0.1) is 18.2 Å². The van der Waals surface area contributed by atoms with Crippen molar-refractivity contribution in [2.24, 2.45) is 5.92 Å². The maximum atomic E-state index is 11.8. The molecule has 1 atom stereocenters. The highest BCUT2D eigenvalue weighted by Gasteiger charge is 2.32. The molecule has 1 aliphatic heterocycles. The molecule has 1 aliphatic carbocycles. The Bertz CT molecular complexity index is 508. The van der Waals surface area contributed by atoms with Crippen molar-refractivity contribution >= 4 is 12.0 Å². The molecule has 80 valence electrons. The molecule has 0 saturated carbocycles. The molecule has 1 amide bonds. The Morgan fingerprint density at radius 3 is 3.25 bits per heavy atom. The van der Waals surface area contributed by atoms with Crippen LogP contribution in [0.1, 0.15) is 12.1 Å². The molecule has 2 heterocycles. The van der Waals surface area contributed by atoms with Crippen molar-refractivity contribution in [2.45, 2.75) is 6.42 Å².